The van der Waals surface area contributed by atoms with Crippen LogP contribution in [0.5, 0.6) is 0 Å². The van der Waals surface area contributed by atoms with Crippen molar-refractivity contribution < 1.29 is 19.1 Å². The molecule has 2 amide bonds. The molecule has 0 bridgehead atoms. The SMILES string of the molecule is CC(C)(C)OCCc1ccc2c(c1)NCC2CC1NC(=O)C(CC2CNc3cc(CCC4OC4(C)C)ccc32)NC1=O. The van der Waals surface area contributed by atoms with Crippen molar-refractivity contribution >= 4 is 23.2 Å². The lowest BCUT2D eigenvalue weighted by Crippen LogP contribution is -2.62. The zero-order chi connectivity index (χ0) is 29.6. The number of aryl methyl sites for hydroxylation is 1. The molecule has 2 aromatic carbocycles. The summed E-state index contributed by atoms with van der Waals surface area (Å²) >= 11 is 0. The van der Waals surface area contributed by atoms with Crippen LogP contribution in [0, 0.1) is 0 Å². The van der Waals surface area contributed by atoms with Gasteiger partial charge in [-0.3, -0.25) is 9.59 Å². The lowest BCUT2D eigenvalue weighted by molar-refractivity contribution is -0.137. The normalized spacial score (nSPS) is 27.4. The average molecular weight is 575 g/mol. The maximum Gasteiger partial charge on any atom is 0.243 e. The van der Waals surface area contributed by atoms with E-state index >= 15 is 0 Å². The largest absolute Gasteiger partial charge is 0.384 e. The van der Waals surface area contributed by atoms with E-state index in [1.807, 2.05) is 0 Å². The van der Waals surface area contributed by atoms with E-state index in [1.165, 1.54) is 22.3 Å². The minimum absolute atomic E-state index is 0.0222. The Morgan fingerprint density at radius 3 is 1.81 bits per heavy atom. The number of carbonyl (C=O) groups is 2. The molecule has 226 valence electrons. The minimum Gasteiger partial charge on any atom is -0.384 e. The van der Waals surface area contributed by atoms with Gasteiger partial charge in [-0.2, -0.15) is 0 Å². The van der Waals surface area contributed by atoms with Crippen molar-refractivity contribution in [3.05, 3.63) is 58.7 Å². The highest BCUT2D eigenvalue weighted by atomic mass is 16.6. The second kappa shape index (κ2) is 11.2. The molecule has 42 heavy (non-hydrogen) atoms. The maximum atomic E-state index is 13.2. The van der Waals surface area contributed by atoms with E-state index < -0.39 is 12.1 Å². The second-order valence-corrected chi connectivity index (χ2v) is 14.1. The Kier molecular flexibility index (Phi) is 7.73. The Morgan fingerprint density at radius 1 is 0.833 bits per heavy atom. The first-order chi connectivity index (χ1) is 19.9. The molecule has 2 saturated heterocycles. The van der Waals surface area contributed by atoms with Crippen molar-refractivity contribution in [1.82, 2.24) is 10.6 Å². The number of benzene rings is 2. The van der Waals surface area contributed by atoms with Crippen LogP contribution in [0.2, 0.25) is 0 Å². The van der Waals surface area contributed by atoms with E-state index in [2.05, 4.69) is 92.3 Å². The van der Waals surface area contributed by atoms with Crippen LogP contribution in [0.25, 0.3) is 0 Å². The number of epoxide rings is 1. The van der Waals surface area contributed by atoms with Crippen LogP contribution in [0.15, 0.2) is 36.4 Å². The Bertz CT molecular complexity index is 1350. The molecule has 5 unspecified atom stereocenters. The summed E-state index contributed by atoms with van der Waals surface area (Å²) in [5, 5.41) is 13.1. The Balaban J connectivity index is 1.01. The number of fused-ring (bicyclic) bond motifs is 2. The molecule has 2 aromatic rings. The van der Waals surface area contributed by atoms with Gasteiger partial charge in [0.1, 0.15) is 12.1 Å². The van der Waals surface area contributed by atoms with Crippen molar-refractivity contribution in [3.8, 4) is 0 Å². The number of rotatable bonds is 10. The quantitative estimate of drug-likeness (QED) is 0.309. The first-order valence-corrected chi connectivity index (χ1v) is 15.6. The van der Waals surface area contributed by atoms with Crippen molar-refractivity contribution in [2.24, 2.45) is 0 Å². The van der Waals surface area contributed by atoms with Crippen LogP contribution in [0.1, 0.15) is 88.0 Å². The molecular weight excluding hydrogens is 528 g/mol. The molecule has 8 nitrogen and oxygen atoms in total. The topological polar surface area (TPSA) is 104 Å². The molecular formula is C34H46N4O4. The number of piperazine rings is 1. The third-order valence-electron chi connectivity index (χ3n) is 9.28. The summed E-state index contributed by atoms with van der Waals surface area (Å²) < 4.78 is 11.6. The summed E-state index contributed by atoms with van der Waals surface area (Å²) in [5.74, 6) is 0.180. The first kappa shape index (κ1) is 29.0. The molecule has 4 N–H and O–H groups in total. The van der Waals surface area contributed by atoms with Crippen LogP contribution < -0.4 is 21.3 Å². The van der Waals surface area contributed by atoms with Crippen LogP contribution in [-0.2, 0) is 31.9 Å². The molecule has 4 aliphatic rings. The average Bonchev–Trinajstić information content (AvgIpc) is 3.21. The van der Waals surface area contributed by atoms with E-state index in [4.69, 9.17) is 9.47 Å². The van der Waals surface area contributed by atoms with Gasteiger partial charge in [-0.15, -0.1) is 0 Å². The van der Waals surface area contributed by atoms with Crippen molar-refractivity contribution in [2.45, 2.75) is 108 Å². The molecule has 4 heterocycles. The number of anilines is 2. The monoisotopic (exact) mass is 574 g/mol. The van der Waals surface area contributed by atoms with Gasteiger partial charge in [0, 0.05) is 36.3 Å². The summed E-state index contributed by atoms with van der Waals surface area (Å²) in [6, 6.07) is 12.1. The summed E-state index contributed by atoms with van der Waals surface area (Å²) in [5.41, 5.74) is 7.11. The van der Waals surface area contributed by atoms with Crippen LogP contribution >= 0.6 is 0 Å². The minimum atomic E-state index is -0.525. The fraction of sp³-hybridized carbons (Fsp3) is 0.588. The van der Waals surface area contributed by atoms with Gasteiger partial charge in [0.25, 0.3) is 0 Å². The highest BCUT2D eigenvalue weighted by Gasteiger charge is 2.47. The smallest absolute Gasteiger partial charge is 0.243 e. The van der Waals surface area contributed by atoms with E-state index in [9.17, 15) is 9.59 Å². The van der Waals surface area contributed by atoms with Crippen LogP contribution in [-0.4, -0.2) is 60.9 Å². The third-order valence-corrected chi connectivity index (χ3v) is 9.28. The Morgan fingerprint density at radius 2 is 1.33 bits per heavy atom. The van der Waals surface area contributed by atoms with E-state index in [0.717, 1.165) is 43.7 Å². The molecule has 0 saturated carbocycles. The van der Waals surface area contributed by atoms with Crippen molar-refractivity contribution in [1.29, 1.82) is 0 Å². The number of amides is 2. The molecule has 0 radical (unpaired) electrons. The summed E-state index contributed by atoms with van der Waals surface area (Å²) in [6.45, 7) is 12.7. The molecule has 5 atom stereocenters. The van der Waals surface area contributed by atoms with Gasteiger partial charge >= 0.3 is 0 Å². The van der Waals surface area contributed by atoms with E-state index in [1.54, 1.807) is 0 Å². The lowest BCUT2D eigenvalue weighted by Gasteiger charge is -2.32. The molecule has 6 rings (SSSR count). The van der Waals surface area contributed by atoms with Gasteiger partial charge in [0.2, 0.25) is 11.8 Å². The predicted molar refractivity (Wildman–Crippen MR) is 165 cm³/mol. The molecule has 0 aliphatic carbocycles. The number of hydrogen-bond acceptors (Lipinski definition) is 6. The summed E-state index contributed by atoms with van der Waals surface area (Å²) in [4.78, 5) is 26.3. The maximum absolute atomic E-state index is 13.2. The molecule has 4 aliphatic heterocycles. The van der Waals surface area contributed by atoms with Crippen molar-refractivity contribution in [3.63, 3.8) is 0 Å². The van der Waals surface area contributed by atoms with Gasteiger partial charge in [0.15, 0.2) is 0 Å². The van der Waals surface area contributed by atoms with Gasteiger partial charge < -0.3 is 30.7 Å². The number of nitrogens with one attached hydrogen (secondary N) is 4. The number of carbonyl (C=O) groups excluding carboxylic acids is 2. The first-order valence-electron chi connectivity index (χ1n) is 15.6. The standard InChI is InChI=1S/C34H46N4O4/c1-33(2,3)41-13-12-21-7-10-25-23(19-36-27(25)15-21)17-29-32(40)37-28(31(39)38-29)16-22-18-35-26-14-20(6-9-24(22)26)8-11-30-34(4,5)42-30/h6-7,9-10,14-15,22-23,28-30,35-36H,8,11-13,16-19H2,1-5H3,(H,37,40)(H,38,39). The fourth-order valence-electron chi connectivity index (χ4n) is 6.73. The Labute approximate surface area is 249 Å². The lowest BCUT2D eigenvalue weighted by atomic mass is 9.89. The fourth-order valence-corrected chi connectivity index (χ4v) is 6.73. The summed E-state index contributed by atoms with van der Waals surface area (Å²) in [7, 11) is 0. The molecule has 0 aromatic heterocycles. The van der Waals surface area contributed by atoms with E-state index in [0.29, 0.717) is 25.6 Å². The summed E-state index contributed by atoms with van der Waals surface area (Å²) in [6.07, 6.45) is 4.39. The van der Waals surface area contributed by atoms with Gasteiger partial charge in [-0.1, -0.05) is 24.3 Å². The van der Waals surface area contributed by atoms with Gasteiger partial charge in [-0.25, -0.2) is 0 Å². The van der Waals surface area contributed by atoms with E-state index in [-0.39, 0.29) is 34.9 Å². The second-order valence-electron chi connectivity index (χ2n) is 14.1. The zero-order valence-electron chi connectivity index (χ0n) is 25.6. The van der Waals surface area contributed by atoms with Gasteiger partial charge in [-0.05, 0) is 101 Å². The highest BCUT2D eigenvalue weighted by Crippen LogP contribution is 2.40. The number of ether oxygens (including phenoxy) is 2. The van der Waals surface area contributed by atoms with Crippen LogP contribution in [0.3, 0.4) is 0 Å². The zero-order valence-corrected chi connectivity index (χ0v) is 25.6. The Hall–Kier alpha value is -3.10. The molecule has 2 fully saturated rings. The highest BCUT2D eigenvalue weighted by molar-refractivity contribution is 5.97. The third kappa shape index (κ3) is 6.45. The van der Waals surface area contributed by atoms with Crippen LogP contribution in [0.4, 0.5) is 11.4 Å². The number of hydrogen-bond donors (Lipinski definition) is 4. The van der Waals surface area contributed by atoms with Gasteiger partial charge in [0.05, 0.1) is 23.9 Å². The molecule has 0 spiro atoms. The predicted octanol–water partition coefficient (Wildman–Crippen LogP) is 4.64. The van der Waals surface area contributed by atoms with Crippen molar-refractivity contribution in [2.75, 3.05) is 30.3 Å². The molecule has 8 heteroatoms.